The van der Waals surface area contributed by atoms with Crippen molar-refractivity contribution in [3.8, 4) is 17.2 Å². The summed E-state index contributed by atoms with van der Waals surface area (Å²) in [6.07, 6.45) is 1.72. The molecule has 200 valence electrons. The fourth-order valence-electron chi connectivity index (χ4n) is 5.93. The predicted octanol–water partition coefficient (Wildman–Crippen LogP) is 5.93. The van der Waals surface area contributed by atoms with E-state index in [4.69, 9.17) is 14.2 Å². The Hall–Kier alpha value is -3.55. The van der Waals surface area contributed by atoms with Gasteiger partial charge in [-0.2, -0.15) is 0 Å². The summed E-state index contributed by atoms with van der Waals surface area (Å²) in [5.41, 5.74) is 7.28. The number of halogens is 1. The normalized spacial score (nSPS) is 16.3. The molecule has 2 aliphatic rings. The molecule has 1 unspecified atom stereocenters. The molecule has 4 aromatic rings. The predicted molar refractivity (Wildman–Crippen MR) is 146 cm³/mol. The summed E-state index contributed by atoms with van der Waals surface area (Å²) in [6.45, 7) is 3.62. The minimum atomic E-state index is -0.265. The number of benzene rings is 3. The highest BCUT2D eigenvalue weighted by molar-refractivity contribution is 5.87. The lowest BCUT2D eigenvalue weighted by atomic mass is 9.85. The summed E-state index contributed by atoms with van der Waals surface area (Å²) in [4.78, 5) is 2.48. The van der Waals surface area contributed by atoms with E-state index in [1.807, 2.05) is 29.7 Å². The van der Waals surface area contributed by atoms with Gasteiger partial charge in [0.1, 0.15) is 24.9 Å². The van der Waals surface area contributed by atoms with Crippen LogP contribution in [-0.4, -0.2) is 35.3 Å². The molecule has 7 heteroatoms. The Bertz CT molecular complexity index is 1500. The number of hydrogen-bond donors (Lipinski definition) is 1. The molecule has 3 heterocycles. The molecule has 2 aliphatic heterocycles. The summed E-state index contributed by atoms with van der Waals surface area (Å²) < 4.78 is 33.7. The smallest absolute Gasteiger partial charge is 0.162 e. The third-order valence-corrected chi connectivity index (χ3v) is 7.87. The van der Waals surface area contributed by atoms with E-state index >= 15 is 0 Å². The summed E-state index contributed by atoms with van der Waals surface area (Å²) >= 11 is 0. The molecule has 3 aromatic carbocycles. The number of aliphatic hydroxyl groups excluding tert-OH is 1. The monoisotopic (exact) mass is 518 g/mol. The third-order valence-electron chi connectivity index (χ3n) is 7.87. The molecule has 1 atom stereocenters. The van der Waals surface area contributed by atoms with Gasteiger partial charge in [0.2, 0.25) is 0 Å². The number of ether oxygens (including phenoxy) is 3. The molecule has 1 N–H and O–H groups in total. The van der Waals surface area contributed by atoms with Crippen LogP contribution >= 0.6 is 0 Å². The zero-order chi connectivity index (χ0) is 25.7. The first-order valence-corrected chi connectivity index (χ1v) is 12.6. The Morgan fingerprint density at radius 2 is 1.87 bits per heavy atom. The lowest BCUT2D eigenvalue weighted by Gasteiger charge is -2.41. The Morgan fingerprint density at radius 3 is 2.61 bits per heavy atom. The lowest BCUT2D eigenvalue weighted by Crippen LogP contribution is -2.39. The number of methoxy groups -OCH3 is 2. The molecule has 0 saturated heterocycles. The van der Waals surface area contributed by atoms with Crippen LogP contribution in [0.1, 0.15) is 47.0 Å². The van der Waals surface area contributed by atoms with E-state index in [1.165, 1.54) is 22.8 Å². The zero-order valence-electron chi connectivity index (χ0n) is 21.4. The minimum absolute atomic E-state index is 0. The highest BCUT2D eigenvalue weighted by Crippen LogP contribution is 2.45. The fourth-order valence-corrected chi connectivity index (χ4v) is 5.93. The van der Waals surface area contributed by atoms with Gasteiger partial charge in [0.15, 0.2) is 11.5 Å². The van der Waals surface area contributed by atoms with Gasteiger partial charge in [0, 0.05) is 35.8 Å². The number of aliphatic hydroxyl groups is 1. The van der Waals surface area contributed by atoms with Gasteiger partial charge in [-0.25, -0.2) is 4.39 Å². The first-order chi connectivity index (χ1) is 18.0. The Kier molecular flexibility index (Phi) is 7.07. The molecular formula is C31H35FN2O4. The first kappa shape index (κ1) is 26.1. The van der Waals surface area contributed by atoms with Crippen LogP contribution in [-0.2, 0) is 32.7 Å². The van der Waals surface area contributed by atoms with Crippen LogP contribution in [0.2, 0.25) is 0 Å². The second-order valence-corrected chi connectivity index (χ2v) is 9.90. The van der Waals surface area contributed by atoms with Crippen molar-refractivity contribution in [2.45, 2.75) is 53.1 Å². The SMILES string of the molecule is C.COc1ccc2c(c1)c1c(n2CO)CN2CCc3cc(OC)c(OCc4ccc(C)cc4F)cc3C2C1. The average Bonchev–Trinajstić information content (AvgIpc) is 3.22. The molecule has 0 radical (unpaired) electrons. The molecule has 0 spiro atoms. The van der Waals surface area contributed by atoms with Crippen molar-refractivity contribution in [1.29, 1.82) is 0 Å². The van der Waals surface area contributed by atoms with Gasteiger partial charge in [-0.15, -0.1) is 0 Å². The van der Waals surface area contributed by atoms with Crippen molar-refractivity contribution < 1.29 is 23.7 Å². The summed E-state index contributed by atoms with van der Waals surface area (Å²) in [5.74, 6) is 1.82. The van der Waals surface area contributed by atoms with Gasteiger partial charge < -0.3 is 23.9 Å². The molecule has 0 aliphatic carbocycles. The van der Waals surface area contributed by atoms with Crippen molar-refractivity contribution in [3.63, 3.8) is 0 Å². The highest BCUT2D eigenvalue weighted by atomic mass is 19.1. The van der Waals surface area contributed by atoms with Crippen LogP contribution in [0.4, 0.5) is 4.39 Å². The van der Waals surface area contributed by atoms with Crippen LogP contribution in [0, 0.1) is 12.7 Å². The third kappa shape index (κ3) is 4.29. The maximum atomic E-state index is 14.4. The molecule has 6 nitrogen and oxygen atoms in total. The summed E-state index contributed by atoms with van der Waals surface area (Å²) in [6, 6.07) is 15.5. The highest BCUT2D eigenvalue weighted by Gasteiger charge is 2.36. The Morgan fingerprint density at radius 1 is 1.03 bits per heavy atom. The van der Waals surface area contributed by atoms with Crippen LogP contribution < -0.4 is 14.2 Å². The molecule has 0 saturated carbocycles. The molecule has 0 bridgehead atoms. The van der Waals surface area contributed by atoms with Crippen molar-refractivity contribution in [2.24, 2.45) is 0 Å². The molecule has 0 amide bonds. The van der Waals surface area contributed by atoms with E-state index in [-0.39, 0.29) is 32.6 Å². The molecular weight excluding hydrogens is 483 g/mol. The number of nitrogens with zero attached hydrogens (tertiary/aromatic N) is 2. The number of aryl methyl sites for hydroxylation is 1. The Balaban J connectivity index is 0.00000294. The van der Waals surface area contributed by atoms with Crippen LogP contribution in [0.15, 0.2) is 48.5 Å². The Labute approximate surface area is 223 Å². The lowest BCUT2D eigenvalue weighted by molar-refractivity contribution is 0.145. The molecule has 6 rings (SSSR count). The number of rotatable bonds is 6. The first-order valence-electron chi connectivity index (χ1n) is 12.6. The standard InChI is InChI=1S/C30H31FN2O4.CH4/c1-18-4-5-20(25(31)10-18)16-37-30-14-22-19(11-29(30)36-3)8-9-32-15-28-24(13-27(22)32)23-12-21(35-2)6-7-26(23)33(28)17-34;/h4-7,10-12,14,27,34H,8-9,13,15-17H2,1-3H3;1H4. The summed E-state index contributed by atoms with van der Waals surface area (Å²) in [7, 11) is 3.31. The van der Waals surface area contributed by atoms with E-state index < -0.39 is 0 Å². The van der Waals surface area contributed by atoms with Crippen LogP contribution in [0.5, 0.6) is 17.2 Å². The van der Waals surface area contributed by atoms with Crippen molar-refractivity contribution in [2.75, 3.05) is 20.8 Å². The van der Waals surface area contributed by atoms with Gasteiger partial charge in [0.25, 0.3) is 0 Å². The van der Waals surface area contributed by atoms with Crippen molar-refractivity contribution in [1.82, 2.24) is 9.47 Å². The quantitative estimate of drug-likeness (QED) is 0.343. The van der Waals surface area contributed by atoms with Gasteiger partial charge in [0.05, 0.1) is 19.7 Å². The van der Waals surface area contributed by atoms with E-state index in [0.717, 1.165) is 53.8 Å². The van der Waals surface area contributed by atoms with Gasteiger partial charge >= 0.3 is 0 Å². The molecule has 38 heavy (non-hydrogen) atoms. The van der Waals surface area contributed by atoms with Crippen LogP contribution in [0.25, 0.3) is 10.9 Å². The maximum absolute atomic E-state index is 14.4. The van der Waals surface area contributed by atoms with Crippen molar-refractivity contribution in [3.05, 3.63) is 87.9 Å². The van der Waals surface area contributed by atoms with Crippen LogP contribution in [0.3, 0.4) is 0 Å². The number of hydrogen-bond acceptors (Lipinski definition) is 5. The van der Waals surface area contributed by atoms with E-state index in [1.54, 1.807) is 20.3 Å². The number of fused-ring (bicyclic) bond motifs is 6. The van der Waals surface area contributed by atoms with Gasteiger partial charge in [-0.1, -0.05) is 19.6 Å². The second kappa shape index (κ2) is 10.3. The topological polar surface area (TPSA) is 56.1 Å². The zero-order valence-corrected chi connectivity index (χ0v) is 21.4. The van der Waals surface area contributed by atoms with Crippen molar-refractivity contribution >= 4 is 10.9 Å². The second-order valence-electron chi connectivity index (χ2n) is 9.90. The van der Waals surface area contributed by atoms with Gasteiger partial charge in [-0.3, -0.25) is 4.90 Å². The fraction of sp³-hybridized carbons (Fsp3) is 0.355. The largest absolute Gasteiger partial charge is 0.497 e. The average molecular weight is 519 g/mol. The molecule has 1 aromatic heterocycles. The minimum Gasteiger partial charge on any atom is -0.497 e. The van der Waals surface area contributed by atoms with E-state index in [2.05, 4.69) is 23.1 Å². The maximum Gasteiger partial charge on any atom is 0.162 e. The van der Waals surface area contributed by atoms with E-state index in [0.29, 0.717) is 17.1 Å². The van der Waals surface area contributed by atoms with E-state index in [9.17, 15) is 9.50 Å². The number of aromatic nitrogens is 1. The van der Waals surface area contributed by atoms with Gasteiger partial charge in [-0.05, 0) is 78.4 Å². The molecule has 0 fully saturated rings. The summed E-state index contributed by atoms with van der Waals surface area (Å²) in [5, 5.41) is 11.3.